The number of aliphatic hydroxyl groups excluding tert-OH is 1. The standard InChI is InChI=1S/C20H28N4O2/c1-3-21-20(23-13-17-11-8-12-22-19(17)26-4-2)24-14-18(15-25)16-9-6-5-7-10-16/h5-12,18,25H,3-4,13-15H2,1-2H3,(H2,21,23,24). The number of ether oxygens (including phenoxy) is 1. The van der Waals surface area contributed by atoms with Gasteiger partial charge in [0.05, 0.1) is 19.8 Å². The lowest BCUT2D eigenvalue weighted by Gasteiger charge is -2.18. The molecule has 1 heterocycles. The molecule has 26 heavy (non-hydrogen) atoms. The normalized spacial score (nSPS) is 12.5. The summed E-state index contributed by atoms with van der Waals surface area (Å²) < 4.78 is 5.55. The second kappa shape index (κ2) is 11.1. The van der Waals surface area contributed by atoms with E-state index in [1.807, 2.05) is 56.3 Å². The first-order chi connectivity index (χ1) is 12.8. The molecule has 140 valence electrons. The van der Waals surface area contributed by atoms with Crippen LogP contribution in [0.4, 0.5) is 0 Å². The summed E-state index contributed by atoms with van der Waals surface area (Å²) in [6, 6.07) is 13.8. The predicted molar refractivity (Wildman–Crippen MR) is 104 cm³/mol. The molecule has 1 unspecified atom stereocenters. The highest BCUT2D eigenvalue weighted by molar-refractivity contribution is 5.79. The molecule has 0 spiro atoms. The van der Waals surface area contributed by atoms with Gasteiger partial charge in [-0.05, 0) is 25.5 Å². The van der Waals surface area contributed by atoms with Crippen LogP contribution in [-0.2, 0) is 6.54 Å². The first-order valence-electron chi connectivity index (χ1n) is 9.03. The highest BCUT2D eigenvalue weighted by Crippen LogP contribution is 2.16. The van der Waals surface area contributed by atoms with Crippen molar-refractivity contribution in [3.8, 4) is 5.88 Å². The highest BCUT2D eigenvalue weighted by Gasteiger charge is 2.11. The maximum atomic E-state index is 9.70. The van der Waals surface area contributed by atoms with Crippen LogP contribution in [-0.4, -0.2) is 42.4 Å². The number of rotatable bonds is 9. The topological polar surface area (TPSA) is 78.8 Å². The average molecular weight is 356 g/mol. The second-order valence-corrected chi connectivity index (χ2v) is 5.77. The number of pyridine rings is 1. The van der Waals surface area contributed by atoms with E-state index in [4.69, 9.17) is 4.74 Å². The summed E-state index contributed by atoms with van der Waals surface area (Å²) in [7, 11) is 0. The van der Waals surface area contributed by atoms with Gasteiger partial charge in [-0.15, -0.1) is 0 Å². The molecule has 0 saturated heterocycles. The van der Waals surface area contributed by atoms with Crippen molar-refractivity contribution in [2.24, 2.45) is 4.99 Å². The van der Waals surface area contributed by atoms with Crippen LogP contribution in [0.25, 0.3) is 0 Å². The van der Waals surface area contributed by atoms with E-state index in [2.05, 4.69) is 20.6 Å². The fourth-order valence-electron chi connectivity index (χ4n) is 2.55. The molecular weight excluding hydrogens is 328 g/mol. The molecule has 0 aliphatic carbocycles. The van der Waals surface area contributed by atoms with Crippen LogP contribution in [0.5, 0.6) is 5.88 Å². The van der Waals surface area contributed by atoms with Gasteiger partial charge in [0.1, 0.15) is 0 Å². The summed E-state index contributed by atoms with van der Waals surface area (Å²) in [5, 5.41) is 16.2. The summed E-state index contributed by atoms with van der Waals surface area (Å²) in [5.41, 5.74) is 2.04. The Balaban J connectivity index is 2.02. The summed E-state index contributed by atoms with van der Waals surface area (Å²) in [4.78, 5) is 8.87. The van der Waals surface area contributed by atoms with Crippen molar-refractivity contribution in [1.29, 1.82) is 0 Å². The van der Waals surface area contributed by atoms with Crippen molar-refractivity contribution >= 4 is 5.96 Å². The van der Waals surface area contributed by atoms with Gasteiger partial charge in [0, 0.05) is 30.8 Å². The third kappa shape index (κ3) is 6.04. The molecule has 0 bridgehead atoms. The fraction of sp³-hybridized carbons (Fsp3) is 0.400. The van der Waals surface area contributed by atoms with Crippen LogP contribution >= 0.6 is 0 Å². The lowest BCUT2D eigenvalue weighted by Crippen LogP contribution is -2.39. The van der Waals surface area contributed by atoms with Crippen molar-refractivity contribution in [2.75, 3.05) is 26.3 Å². The maximum Gasteiger partial charge on any atom is 0.218 e. The Morgan fingerprint density at radius 3 is 2.65 bits per heavy atom. The fourth-order valence-corrected chi connectivity index (χ4v) is 2.55. The van der Waals surface area contributed by atoms with Gasteiger partial charge in [0.15, 0.2) is 5.96 Å². The molecule has 1 aromatic heterocycles. The number of hydrogen-bond donors (Lipinski definition) is 3. The van der Waals surface area contributed by atoms with Crippen molar-refractivity contribution in [3.63, 3.8) is 0 Å². The molecule has 1 aromatic carbocycles. The number of nitrogens with zero attached hydrogens (tertiary/aromatic N) is 2. The Labute approximate surface area is 155 Å². The number of hydrogen-bond acceptors (Lipinski definition) is 4. The minimum atomic E-state index is 0.0115. The van der Waals surface area contributed by atoms with Crippen molar-refractivity contribution in [3.05, 3.63) is 59.8 Å². The van der Waals surface area contributed by atoms with E-state index >= 15 is 0 Å². The molecule has 2 aromatic rings. The van der Waals surface area contributed by atoms with Crippen LogP contribution < -0.4 is 15.4 Å². The number of aliphatic imine (C=N–C) groups is 1. The summed E-state index contributed by atoms with van der Waals surface area (Å²) >= 11 is 0. The first kappa shape index (κ1) is 19.7. The Morgan fingerprint density at radius 2 is 1.96 bits per heavy atom. The average Bonchev–Trinajstić information content (AvgIpc) is 2.68. The van der Waals surface area contributed by atoms with Crippen LogP contribution in [0.1, 0.15) is 30.9 Å². The third-order valence-electron chi connectivity index (χ3n) is 3.89. The molecule has 2 rings (SSSR count). The summed E-state index contributed by atoms with van der Waals surface area (Å²) in [6.07, 6.45) is 1.72. The number of guanidine groups is 1. The van der Waals surface area contributed by atoms with Gasteiger partial charge in [-0.1, -0.05) is 36.4 Å². The minimum Gasteiger partial charge on any atom is -0.478 e. The Hall–Kier alpha value is -2.60. The van der Waals surface area contributed by atoms with Gasteiger partial charge < -0.3 is 20.5 Å². The molecule has 0 aliphatic rings. The summed E-state index contributed by atoms with van der Waals surface area (Å²) in [6.45, 7) is 6.42. The van der Waals surface area contributed by atoms with E-state index in [0.717, 1.165) is 17.7 Å². The number of benzene rings is 1. The molecule has 0 radical (unpaired) electrons. The van der Waals surface area contributed by atoms with Crippen molar-refractivity contribution in [1.82, 2.24) is 15.6 Å². The van der Waals surface area contributed by atoms with Crippen LogP contribution in [0.2, 0.25) is 0 Å². The first-order valence-corrected chi connectivity index (χ1v) is 9.03. The van der Waals surface area contributed by atoms with Gasteiger partial charge >= 0.3 is 0 Å². The monoisotopic (exact) mass is 356 g/mol. The van der Waals surface area contributed by atoms with Gasteiger partial charge in [-0.3, -0.25) is 0 Å². The van der Waals surface area contributed by atoms with Crippen LogP contribution in [0, 0.1) is 0 Å². The van der Waals surface area contributed by atoms with Gasteiger partial charge in [-0.25, -0.2) is 9.98 Å². The zero-order chi connectivity index (χ0) is 18.6. The molecule has 0 saturated carbocycles. The smallest absolute Gasteiger partial charge is 0.218 e. The molecule has 3 N–H and O–H groups in total. The van der Waals surface area contributed by atoms with E-state index in [9.17, 15) is 5.11 Å². The van der Waals surface area contributed by atoms with E-state index in [0.29, 0.717) is 31.5 Å². The van der Waals surface area contributed by atoms with E-state index in [1.165, 1.54) is 0 Å². The van der Waals surface area contributed by atoms with Gasteiger partial charge in [-0.2, -0.15) is 0 Å². The number of aromatic nitrogens is 1. The zero-order valence-electron chi connectivity index (χ0n) is 15.5. The Kier molecular flexibility index (Phi) is 8.42. The number of nitrogens with one attached hydrogen (secondary N) is 2. The molecule has 0 amide bonds. The lowest BCUT2D eigenvalue weighted by atomic mass is 10.0. The summed E-state index contributed by atoms with van der Waals surface area (Å²) in [5.74, 6) is 1.33. The molecule has 0 aliphatic heterocycles. The van der Waals surface area contributed by atoms with Crippen LogP contribution in [0.15, 0.2) is 53.7 Å². The van der Waals surface area contributed by atoms with Crippen molar-refractivity contribution in [2.45, 2.75) is 26.3 Å². The third-order valence-corrected chi connectivity index (χ3v) is 3.89. The van der Waals surface area contributed by atoms with E-state index in [1.54, 1.807) is 6.20 Å². The molecule has 1 atom stereocenters. The molecule has 6 heteroatoms. The quantitative estimate of drug-likeness (QED) is 0.475. The highest BCUT2D eigenvalue weighted by atomic mass is 16.5. The Bertz CT molecular complexity index is 677. The zero-order valence-corrected chi connectivity index (χ0v) is 15.5. The largest absolute Gasteiger partial charge is 0.478 e. The minimum absolute atomic E-state index is 0.0115. The lowest BCUT2D eigenvalue weighted by molar-refractivity contribution is 0.265. The maximum absolute atomic E-state index is 9.70. The number of aliphatic hydroxyl groups is 1. The van der Waals surface area contributed by atoms with Crippen LogP contribution in [0.3, 0.4) is 0 Å². The van der Waals surface area contributed by atoms with Gasteiger partial charge in [0.2, 0.25) is 5.88 Å². The SMILES string of the molecule is CCNC(=NCc1cccnc1OCC)NCC(CO)c1ccccc1. The van der Waals surface area contributed by atoms with E-state index < -0.39 is 0 Å². The predicted octanol–water partition coefficient (Wildman–Crippen LogP) is 2.31. The molecule has 0 fully saturated rings. The van der Waals surface area contributed by atoms with E-state index in [-0.39, 0.29) is 12.5 Å². The molecule has 6 nitrogen and oxygen atoms in total. The Morgan fingerprint density at radius 1 is 1.15 bits per heavy atom. The molecular formula is C20H28N4O2. The second-order valence-electron chi connectivity index (χ2n) is 5.77. The van der Waals surface area contributed by atoms with Crippen molar-refractivity contribution < 1.29 is 9.84 Å². The van der Waals surface area contributed by atoms with Gasteiger partial charge in [0.25, 0.3) is 0 Å².